The van der Waals surface area contributed by atoms with Crippen molar-refractivity contribution in [2.75, 3.05) is 45.3 Å². The third-order valence-electron chi connectivity index (χ3n) is 5.08. The maximum absolute atomic E-state index is 13.0. The molecule has 1 amide bonds. The van der Waals surface area contributed by atoms with Gasteiger partial charge < -0.3 is 19.5 Å². The Labute approximate surface area is 184 Å². The number of nitrogens with one attached hydrogen (secondary N) is 1. The van der Waals surface area contributed by atoms with Gasteiger partial charge in [0.15, 0.2) is 6.61 Å². The Kier molecular flexibility index (Phi) is 6.54. The van der Waals surface area contributed by atoms with Gasteiger partial charge in [0.2, 0.25) is 10.0 Å². The smallest absolute Gasteiger partial charge is 0.315 e. The van der Waals surface area contributed by atoms with Gasteiger partial charge in [-0.1, -0.05) is 0 Å². The first-order chi connectivity index (χ1) is 14.0. The van der Waals surface area contributed by atoms with Gasteiger partial charge in [-0.2, -0.15) is 4.31 Å². The van der Waals surface area contributed by atoms with Gasteiger partial charge in [-0.25, -0.2) is 8.42 Å². The lowest BCUT2D eigenvalue weighted by atomic mass is 10.1. The van der Waals surface area contributed by atoms with E-state index in [9.17, 15) is 18.0 Å². The van der Waals surface area contributed by atoms with E-state index >= 15 is 0 Å². The number of morpholine rings is 1. The van der Waals surface area contributed by atoms with Crippen molar-refractivity contribution in [1.29, 1.82) is 0 Å². The zero-order chi connectivity index (χ0) is 22.2. The molecule has 1 aliphatic carbocycles. The predicted octanol–water partition coefficient (Wildman–Crippen LogP) is 1.78. The first kappa shape index (κ1) is 23.1. The van der Waals surface area contributed by atoms with Crippen LogP contribution in [0.5, 0.6) is 5.75 Å². The van der Waals surface area contributed by atoms with Crippen LogP contribution in [0.2, 0.25) is 0 Å². The lowest BCUT2D eigenvalue weighted by molar-refractivity contribution is -0.152. The van der Waals surface area contributed by atoms with Crippen molar-refractivity contribution in [2.45, 2.75) is 22.6 Å². The molecule has 30 heavy (non-hydrogen) atoms. The highest BCUT2D eigenvalue weighted by atomic mass is 35.5. The number of anilines is 1. The molecule has 1 saturated carbocycles. The third kappa shape index (κ3) is 4.52. The van der Waals surface area contributed by atoms with Crippen molar-refractivity contribution in [3.05, 3.63) is 18.2 Å². The summed E-state index contributed by atoms with van der Waals surface area (Å²) >= 11 is 11.8. The number of carbonyl (C=O) groups excluding carboxylic acids is 2. The molecule has 1 aliphatic heterocycles. The summed E-state index contributed by atoms with van der Waals surface area (Å²) in [5.41, 5.74) is -0.832. The number of sulfonamides is 1. The van der Waals surface area contributed by atoms with Crippen LogP contribution < -0.4 is 10.1 Å². The van der Waals surface area contributed by atoms with Crippen molar-refractivity contribution in [1.82, 2.24) is 4.31 Å². The molecule has 0 bridgehead atoms. The number of hydrogen-bond donors (Lipinski definition) is 1. The molecule has 1 aromatic carbocycles. The van der Waals surface area contributed by atoms with Crippen LogP contribution in [0.15, 0.2) is 23.1 Å². The number of alkyl halides is 2. The van der Waals surface area contributed by atoms with E-state index in [0.717, 1.165) is 0 Å². The highest BCUT2D eigenvalue weighted by Gasteiger charge is 2.69. The summed E-state index contributed by atoms with van der Waals surface area (Å²) in [5.74, 6) is -1.16. The summed E-state index contributed by atoms with van der Waals surface area (Å²) in [6.07, 6.45) is 0.241. The summed E-state index contributed by atoms with van der Waals surface area (Å²) < 4.78 is 41.4. The first-order valence-corrected chi connectivity index (χ1v) is 11.3. The summed E-state index contributed by atoms with van der Waals surface area (Å²) in [6.45, 7) is 2.04. The molecule has 9 nitrogen and oxygen atoms in total. The summed E-state index contributed by atoms with van der Waals surface area (Å²) in [7, 11) is -2.49. The summed E-state index contributed by atoms with van der Waals surface area (Å²) in [4.78, 5) is 24.2. The van der Waals surface area contributed by atoms with E-state index in [0.29, 0.717) is 13.2 Å². The van der Waals surface area contributed by atoms with Gasteiger partial charge in [-0.05, 0) is 25.1 Å². The Morgan fingerprint density at radius 3 is 2.47 bits per heavy atom. The van der Waals surface area contributed by atoms with Gasteiger partial charge >= 0.3 is 5.97 Å². The molecule has 0 spiro atoms. The van der Waals surface area contributed by atoms with Crippen LogP contribution in [0.3, 0.4) is 0 Å². The van der Waals surface area contributed by atoms with Crippen molar-refractivity contribution in [3.8, 4) is 5.75 Å². The molecule has 166 valence electrons. The number of nitrogens with zero attached hydrogens (tertiary/aromatic N) is 1. The second-order valence-electron chi connectivity index (χ2n) is 7.22. The second kappa shape index (κ2) is 8.51. The Bertz CT molecular complexity index is 948. The number of esters is 1. The number of ether oxygens (including phenoxy) is 3. The van der Waals surface area contributed by atoms with Crippen molar-refractivity contribution in [3.63, 3.8) is 0 Å². The van der Waals surface area contributed by atoms with Crippen LogP contribution in [0.25, 0.3) is 0 Å². The van der Waals surface area contributed by atoms with E-state index in [1.807, 2.05) is 0 Å². The van der Waals surface area contributed by atoms with Gasteiger partial charge in [-0.15, -0.1) is 23.2 Å². The fourth-order valence-corrected chi connectivity index (χ4v) is 5.27. The monoisotopic (exact) mass is 480 g/mol. The standard InChI is InChI=1S/C18H22Cl2N2O7S/c1-17(11-18(17,19)20)16(24)29-10-15(23)21-12-3-4-13(27-2)14(9-12)30(25,26)22-5-7-28-8-6-22/h3-4,9H,5-8,10-11H2,1-2H3,(H,21,23). The van der Waals surface area contributed by atoms with Crippen LogP contribution >= 0.6 is 23.2 Å². The molecule has 1 aromatic rings. The number of carbonyl (C=O) groups is 2. The maximum atomic E-state index is 13.0. The van der Waals surface area contributed by atoms with Gasteiger partial charge in [0.1, 0.15) is 20.4 Å². The van der Waals surface area contributed by atoms with Crippen LogP contribution in [0, 0.1) is 5.41 Å². The Morgan fingerprint density at radius 2 is 1.90 bits per heavy atom. The SMILES string of the molecule is COc1ccc(NC(=O)COC(=O)C2(C)CC2(Cl)Cl)cc1S(=O)(=O)N1CCOCC1. The number of hydrogen-bond acceptors (Lipinski definition) is 7. The van der Waals surface area contributed by atoms with Gasteiger partial charge in [0.05, 0.1) is 20.3 Å². The molecule has 1 unspecified atom stereocenters. The van der Waals surface area contributed by atoms with Crippen molar-refractivity contribution in [2.24, 2.45) is 5.41 Å². The van der Waals surface area contributed by atoms with Crippen LogP contribution in [-0.4, -0.2) is 69.0 Å². The van der Waals surface area contributed by atoms with Crippen LogP contribution in [0.4, 0.5) is 5.69 Å². The average molecular weight is 481 g/mol. The van der Waals surface area contributed by atoms with E-state index in [-0.39, 0.29) is 35.8 Å². The van der Waals surface area contributed by atoms with E-state index in [4.69, 9.17) is 37.4 Å². The Balaban J connectivity index is 1.69. The van der Waals surface area contributed by atoms with E-state index in [1.54, 1.807) is 6.92 Å². The molecule has 0 radical (unpaired) electrons. The minimum absolute atomic E-state index is 0.0822. The fourth-order valence-electron chi connectivity index (χ4n) is 2.99. The molecular weight excluding hydrogens is 459 g/mol. The predicted molar refractivity (Wildman–Crippen MR) is 109 cm³/mol. The molecular formula is C18H22Cl2N2O7S. The van der Waals surface area contributed by atoms with Crippen molar-refractivity contribution >= 4 is 50.8 Å². The van der Waals surface area contributed by atoms with Crippen LogP contribution in [-0.2, 0) is 29.1 Å². The largest absolute Gasteiger partial charge is 0.495 e. The molecule has 0 aromatic heterocycles. The molecule has 3 rings (SSSR count). The fraction of sp³-hybridized carbons (Fsp3) is 0.556. The molecule has 12 heteroatoms. The normalized spacial score (nSPS) is 23.5. The van der Waals surface area contributed by atoms with Crippen molar-refractivity contribution < 1.29 is 32.2 Å². The number of amides is 1. The average Bonchev–Trinajstić information content (AvgIpc) is 3.25. The minimum Gasteiger partial charge on any atom is -0.495 e. The zero-order valence-corrected chi connectivity index (χ0v) is 18.8. The van der Waals surface area contributed by atoms with Gasteiger partial charge in [0.25, 0.3) is 5.91 Å². The van der Waals surface area contributed by atoms with Crippen LogP contribution in [0.1, 0.15) is 13.3 Å². The summed E-state index contributed by atoms with van der Waals surface area (Å²) in [6, 6.07) is 4.23. The maximum Gasteiger partial charge on any atom is 0.315 e. The molecule has 1 atom stereocenters. The van der Waals surface area contributed by atoms with Gasteiger partial charge in [0, 0.05) is 25.2 Å². The molecule has 2 aliphatic rings. The Morgan fingerprint density at radius 1 is 1.27 bits per heavy atom. The highest BCUT2D eigenvalue weighted by Crippen LogP contribution is 2.64. The molecule has 2 fully saturated rings. The van der Waals surface area contributed by atoms with Gasteiger partial charge in [-0.3, -0.25) is 9.59 Å². The number of halogens is 2. The number of rotatable bonds is 7. The molecule has 1 heterocycles. The minimum atomic E-state index is -3.85. The first-order valence-electron chi connectivity index (χ1n) is 9.12. The number of methoxy groups -OCH3 is 1. The second-order valence-corrected chi connectivity index (χ2v) is 10.6. The quantitative estimate of drug-likeness (QED) is 0.467. The van der Waals surface area contributed by atoms with E-state index in [1.165, 1.54) is 29.6 Å². The molecule has 1 N–H and O–H groups in total. The zero-order valence-electron chi connectivity index (χ0n) is 16.4. The summed E-state index contributed by atoms with van der Waals surface area (Å²) in [5, 5.41) is 2.51. The Hall–Kier alpha value is -1.59. The lowest BCUT2D eigenvalue weighted by Gasteiger charge is -2.26. The third-order valence-corrected chi connectivity index (χ3v) is 8.10. The topological polar surface area (TPSA) is 111 Å². The highest BCUT2D eigenvalue weighted by molar-refractivity contribution is 7.89. The number of benzene rings is 1. The van der Waals surface area contributed by atoms with E-state index in [2.05, 4.69) is 5.32 Å². The lowest BCUT2D eigenvalue weighted by Crippen LogP contribution is -2.40. The van der Waals surface area contributed by atoms with E-state index < -0.39 is 38.3 Å². The molecule has 1 saturated heterocycles.